The Kier molecular flexibility index (Phi) is 8.06. The molecule has 1 fully saturated rings. The summed E-state index contributed by atoms with van der Waals surface area (Å²) in [6.07, 6.45) is 5.52. The Balaban J connectivity index is 1.42. The molecule has 0 spiro atoms. The molecule has 31 heavy (non-hydrogen) atoms. The van der Waals surface area contributed by atoms with Gasteiger partial charge in [-0.3, -0.25) is 4.72 Å². The minimum atomic E-state index is -4.14. The fourth-order valence-electron chi connectivity index (χ4n) is 3.41. The minimum Gasteiger partial charge on any atom is -0.384 e. The van der Waals surface area contributed by atoms with Crippen molar-refractivity contribution in [1.29, 1.82) is 0 Å². The highest BCUT2D eigenvalue weighted by atomic mass is 35.5. The van der Waals surface area contributed by atoms with Crippen LogP contribution in [0.5, 0.6) is 0 Å². The number of aromatic nitrogens is 1. The number of alkyl halides is 2. The van der Waals surface area contributed by atoms with Gasteiger partial charge in [0, 0.05) is 30.6 Å². The van der Waals surface area contributed by atoms with Crippen LogP contribution in [0.4, 0.5) is 24.0 Å². The molecule has 1 aromatic heterocycles. The third-order valence-electron chi connectivity index (χ3n) is 4.95. The number of nitrogens with one attached hydrogen (secondary N) is 3. The van der Waals surface area contributed by atoms with Crippen LogP contribution in [0.25, 0.3) is 0 Å². The highest BCUT2D eigenvalue weighted by molar-refractivity contribution is 7.93. The number of hydrogen-bond acceptors (Lipinski definition) is 6. The zero-order valence-electron chi connectivity index (χ0n) is 16.6. The van der Waals surface area contributed by atoms with E-state index in [1.165, 1.54) is 6.20 Å². The molecule has 1 saturated heterocycles. The van der Waals surface area contributed by atoms with Crippen LogP contribution in [0.3, 0.4) is 0 Å². The van der Waals surface area contributed by atoms with Gasteiger partial charge in [-0.1, -0.05) is 30.9 Å². The maximum atomic E-state index is 14.4. The zero-order chi connectivity index (χ0) is 22.5. The Bertz CT molecular complexity index is 975. The van der Waals surface area contributed by atoms with Crippen LogP contribution in [0.1, 0.15) is 38.5 Å². The molecule has 0 saturated carbocycles. The van der Waals surface area contributed by atoms with Crippen LogP contribution in [0, 0.1) is 5.82 Å². The molecule has 172 valence electrons. The molecule has 0 radical (unpaired) electrons. The number of unbranched alkanes of at least 4 members (excludes halogenated alkanes) is 3. The first-order chi connectivity index (χ1) is 14.7. The van der Waals surface area contributed by atoms with E-state index in [0.29, 0.717) is 12.2 Å². The van der Waals surface area contributed by atoms with Gasteiger partial charge in [-0.15, -0.1) is 11.3 Å². The van der Waals surface area contributed by atoms with Gasteiger partial charge < -0.3 is 10.6 Å². The van der Waals surface area contributed by atoms with Crippen molar-refractivity contribution in [2.75, 3.05) is 23.1 Å². The monoisotopic (exact) mass is 496 g/mol. The van der Waals surface area contributed by atoms with Gasteiger partial charge in [0.05, 0.1) is 17.3 Å². The number of anilines is 2. The largest absolute Gasteiger partial charge is 0.384 e. The molecule has 3 rings (SSSR count). The first-order valence-corrected chi connectivity index (χ1v) is 12.7. The van der Waals surface area contributed by atoms with Crippen LogP contribution in [-0.4, -0.2) is 38.5 Å². The molecule has 2 aromatic rings. The SMILES string of the molecule is O=S(=O)(Nc1nccs1)c1cc(Cl)c(NCCCCCC[C@@H]2CC(F)(F)CN2)cc1F. The maximum absolute atomic E-state index is 14.4. The summed E-state index contributed by atoms with van der Waals surface area (Å²) in [6, 6.07) is 2.01. The van der Waals surface area contributed by atoms with Gasteiger partial charge in [-0.25, -0.2) is 26.6 Å². The highest BCUT2D eigenvalue weighted by Crippen LogP contribution is 2.30. The van der Waals surface area contributed by atoms with Crippen molar-refractivity contribution in [3.63, 3.8) is 0 Å². The summed E-state index contributed by atoms with van der Waals surface area (Å²) in [5, 5.41) is 7.68. The zero-order valence-corrected chi connectivity index (χ0v) is 19.0. The Hall–Kier alpha value is -1.56. The van der Waals surface area contributed by atoms with Gasteiger partial charge in [-0.05, 0) is 25.0 Å². The number of thiazole rings is 1. The summed E-state index contributed by atoms with van der Waals surface area (Å²) in [5.41, 5.74) is 0.310. The highest BCUT2D eigenvalue weighted by Gasteiger charge is 2.38. The standard InChI is InChI=1S/C19H24ClF3N4O2S2/c20-14-9-17(31(28,29)27-18-25-7-8-30-18)15(21)10-16(14)24-6-4-2-1-3-5-13-11-19(22,23)12-26-13/h7-10,13,24,26H,1-6,11-12H2,(H,25,27)/t13-/m1/s1. The van der Waals surface area contributed by atoms with Crippen molar-refractivity contribution in [3.05, 3.63) is 34.5 Å². The summed E-state index contributed by atoms with van der Waals surface area (Å²) in [7, 11) is -4.14. The van der Waals surface area contributed by atoms with Gasteiger partial charge in [-0.2, -0.15) is 0 Å². The Morgan fingerprint density at radius 2 is 2.03 bits per heavy atom. The molecule has 2 heterocycles. The van der Waals surface area contributed by atoms with Crippen LogP contribution in [0.15, 0.2) is 28.6 Å². The average Bonchev–Trinajstić information content (AvgIpc) is 3.31. The lowest BCUT2D eigenvalue weighted by atomic mass is 10.0. The van der Waals surface area contributed by atoms with Gasteiger partial charge in [0.1, 0.15) is 10.7 Å². The third kappa shape index (κ3) is 6.96. The van der Waals surface area contributed by atoms with Crippen LogP contribution in [0.2, 0.25) is 5.02 Å². The summed E-state index contributed by atoms with van der Waals surface area (Å²) in [4.78, 5) is 3.27. The molecule has 0 amide bonds. The van der Waals surface area contributed by atoms with Crippen LogP contribution in [-0.2, 0) is 10.0 Å². The molecule has 0 aliphatic carbocycles. The van der Waals surface area contributed by atoms with Crippen molar-refractivity contribution in [3.8, 4) is 0 Å². The van der Waals surface area contributed by atoms with Crippen molar-refractivity contribution >= 4 is 43.8 Å². The summed E-state index contributed by atoms with van der Waals surface area (Å²) < 4.78 is 67.6. The molecule has 1 aromatic carbocycles. The molecule has 1 atom stereocenters. The van der Waals surface area contributed by atoms with Crippen molar-refractivity contribution in [2.24, 2.45) is 0 Å². The maximum Gasteiger partial charge on any atom is 0.266 e. The predicted octanol–water partition coefficient (Wildman–Crippen LogP) is 5.10. The molecule has 6 nitrogen and oxygen atoms in total. The van der Waals surface area contributed by atoms with E-state index in [2.05, 4.69) is 20.3 Å². The first-order valence-electron chi connectivity index (χ1n) is 9.93. The van der Waals surface area contributed by atoms with Crippen molar-refractivity contribution in [1.82, 2.24) is 10.3 Å². The van der Waals surface area contributed by atoms with E-state index in [0.717, 1.165) is 55.6 Å². The van der Waals surface area contributed by atoms with E-state index in [4.69, 9.17) is 11.6 Å². The number of nitrogens with zero attached hydrogens (tertiary/aromatic N) is 1. The van der Waals surface area contributed by atoms with Gasteiger partial charge in [0.25, 0.3) is 15.9 Å². The fraction of sp³-hybridized carbons (Fsp3) is 0.526. The van der Waals surface area contributed by atoms with E-state index >= 15 is 0 Å². The number of benzene rings is 1. The normalized spacial score (nSPS) is 18.3. The second-order valence-corrected chi connectivity index (χ2v) is 10.4. The summed E-state index contributed by atoms with van der Waals surface area (Å²) in [6.45, 7) is 0.294. The Labute approximate surface area is 188 Å². The molecular formula is C19H24ClF3N4O2S2. The smallest absolute Gasteiger partial charge is 0.266 e. The topological polar surface area (TPSA) is 83.1 Å². The second kappa shape index (κ2) is 10.4. The van der Waals surface area contributed by atoms with E-state index in [-0.39, 0.29) is 29.2 Å². The lowest BCUT2D eigenvalue weighted by Crippen LogP contribution is -2.22. The van der Waals surface area contributed by atoms with E-state index in [9.17, 15) is 21.6 Å². The molecule has 12 heteroatoms. The number of hydrogen-bond donors (Lipinski definition) is 3. The number of halogens is 4. The Morgan fingerprint density at radius 3 is 2.71 bits per heavy atom. The lowest BCUT2D eigenvalue weighted by Gasteiger charge is -2.12. The predicted molar refractivity (Wildman–Crippen MR) is 117 cm³/mol. The lowest BCUT2D eigenvalue weighted by molar-refractivity contribution is 0.0208. The molecular weight excluding hydrogens is 473 g/mol. The van der Waals surface area contributed by atoms with E-state index in [1.54, 1.807) is 5.38 Å². The van der Waals surface area contributed by atoms with Gasteiger partial charge >= 0.3 is 0 Å². The molecule has 1 aliphatic heterocycles. The molecule has 0 unspecified atom stereocenters. The summed E-state index contributed by atoms with van der Waals surface area (Å²) in [5.74, 6) is -3.51. The number of rotatable bonds is 11. The first kappa shape index (κ1) is 24.1. The van der Waals surface area contributed by atoms with Crippen LogP contribution >= 0.6 is 22.9 Å². The summed E-state index contributed by atoms with van der Waals surface area (Å²) >= 11 is 7.22. The van der Waals surface area contributed by atoms with Gasteiger partial charge in [0.15, 0.2) is 5.13 Å². The van der Waals surface area contributed by atoms with E-state index in [1.807, 2.05) is 0 Å². The molecule has 1 aliphatic rings. The molecule has 3 N–H and O–H groups in total. The Morgan fingerprint density at radius 1 is 1.26 bits per heavy atom. The average molecular weight is 497 g/mol. The fourth-order valence-corrected chi connectivity index (χ4v) is 5.58. The third-order valence-corrected chi connectivity index (χ3v) is 7.44. The van der Waals surface area contributed by atoms with Crippen molar-refractivity contribution < 1.29 is 21.6 Å². The van der Waals surface area contributed by atoms with Gasteiger partial charge in [0.2, 0.25) is 0 Å². The van der Waals surface area contributed by atoms with E-state index < -0.39 is 26.7 Å². The quantitative estimate of drug-likeness (QED) is 0.377. The van der Waals surface area contributed by atoms with Crippen molar-refractivity contribution in [2.45, 2.75) is 55.4 Å². The second-order valence-electron chi connectivity index (χ2n) is 7.47. The molecule has 0 bridgehead atoms. The van der Waals surface area contributed by atoms with Crippen LogP contribution < -0.4 is 15.4 Å². The minimum absolute atomic E-state index is 0.0918. The number of sulfonamides is 1.